The van der Waals surface area contributed by atoms with Crippen molar-refractivity contribution in [2.45, 2.75) is 6.92 Å². The third-order valence-electron chi connectivity index (χ3n) is 2.38. The lowest BCUT2D eigenvalue weighted by atomic mass is 10.3. The second-order valence-electron chi connectivity index (χ2n) is 3.97. The van der Waals surface area contributed by atoms with Gasteiger partial charge in [-0.15, -0.1) is 0 Å². The molecule has 0 aromatic carbocycles. The largest absolute Gasteiger partial charge is 0.462 e. The maximum Gasteiger partial charge on any atom is 0.343 e. The number of nitrogens with zero attached hydrogens (tertiary/aromatic N) is 5. The van der Waals surface area contributed by atoms with E-state index in [0.29, 0.717) is 23.9 Å². The van der Waals surface area contributed by atoms with Crippen LogP contribution in [-0.2, 0) is 4.74 Å². The van der Waals surface area contributed by atoms with Crippen molar-refractivity contribution in [3.63, 3.8) is 0 Å². The summed E-state index contributed by atoms with van der Waals surface area (Å²) >= 11 is 0. The van der Waals surface area contributed by atoms with Crippen molar-refractivity contribution in [2.24, 2.45) is 0 Å². The molecule has 19 heavy (non-hydrogen) atoms. The third kappa shape index (κ3) is 2.70. The van der Waals surface area contributed by atoms with Gasteiger partial charge in [-0.3, -0.25) is 0 Å². The summed E-state index contributed by atoms with van der Waals surface area (Å²) in [6, 6.07) is 1.78. The standard InChI is InChI=1S/C12H15N5O2/c1-4-19-11(18)9-8-13-12(15-10(9)16(2)3)17-7-5-6-14-17/h5-8H,4H2,1-3H3. The van der Waals surface area contributed by atoms with Crippen LogP contribution in [0.1, 0.15) is 17.3 Å². The maximum absolute atomic E-state index is 11.8. The van der Waals surface area contributed by atoms with E-state index in [1.165, 1.54) is 10.9 Å². The number of carbonyl (C=O) groups excluding carboxylic acids is 1. The second-order valence-corrected chi connectivity index (χ2v) is 3.97. The Bertz CT molecular complexity index is 566. The van der Waals surface area contributed by atoms with Gasteiger partial charge < -0.3 is 9.64 Å². The minimum atomic E-state index is -0.432. The number of ether oxygens (including phenoxy) is 1. The van der Waals surface area contributed by atoms with E-state index in [0.717, 1.165) is 0 Å². The van der Waals surface area contributed by atoms with Crippen LogP contribution in [-0.4, -0.2) is 46.4 Å². The number of rotatable bonds is 4. The lowest BCUT2D eigenvalue weighted by Crippen LogP contribution is -2.19. The molecule has 7 nitrogen and oxygen atoms in total. The fourth-order valence-corrected chi connectivity index (χ4v) is 1.56. The molecular weight excluding hydrogens is 246 g/mol. The molecule has 0 aliphatic carbocycles. The molecule has 7 heteroatoms. The normalized spacial score (nSPS) is 10.3. The zero-order valence-corrected chi connectivity index (χ0v) is 11.1. The number of carbonyl (C=O) groups is 1. The van der Waals surface area contributed by atoms with E-state index in [4.69, 9.17) is 4.74 Å². The van der Waals surface area contributed by atoms with Gasteiger partial charge in [-0.25, -0.2) is 14.5 Å². The predicted octanol–water partition coefficient (Wildman–Crippen LogP) is 0.905. The van der Waals surface area contributed by atoms with Crippen LogP contribution < -0.4 is 4.90 Å². The molecule has 0 aliphatic rings. The average molecular weight is 261 g/mol. The summed E-state index contributed by atoms with van der Waals surface area (Å²) in [4.78, 5) is 22.0. The zero-order chi connectivity index (χ0) is 13.8. The van der Waals surface area contributed by atoms with Gasteiger partial charge in [0.2, 0.25) is 0 Å². The van der Waals surface area contributed by atoms with Gasteiger partial charge >= 0.3 is 5.97 Å². The molecule has 0 fully saturated rings. The van der Waals surface area contributed by atoms with E-state index in [1.807, 2.05) is 0 Å². The summed E-state index contributed by atoms with van der Waals surface area (Å²) in [7, 11) is 3.61. The quantitative estimate of drug-likeness (QED) is 0.761. The highest BCUT2D eigenvalue weighted by molar-refractivity contribution is 5.94. The minimum Gasteiger partial charge on any atom is -0.462 e. The Balaban J connectivity index is 2.44. The van der Waals surface area contributed by atoms with Crippen molar-refractivity contribution < 1.29 is 9.53 Å². The Kier molecular flexibility index (Phi) is 3.74. The van der Waals surface area contributed by atoms with Crippen LogP contribution in [0, 0.1) is 0 Å². The minimum absolute atomic E-state index is 0.312. The Labute approximate surface area is 110 Å². The van der Waals surface area contributed by atoms with Gasteiger partial charge in [-0.1, -0.05) is 0 Å². The molecule has 100 valence electrons. The van der Waals surface area contributed by atoms with Gasteiger partial charge in [-0.05, 0) is 13.0 Å². The smallest absolute Gasteiger partial charge is 0.343 e. The van der Waals surface area contributed by atoms with Crippen molar-refractivity contribution in [1.82, 2.24) is 19.7 Å². The molecule has 0 N–H and O–H groups in total. The molecule has 0 atom stereocenters. The summed E-state index contributed by atoms with van der Waals surface area (Å²) < 4.78 is 6.51. The topological polar surface area (TPSA) is 73.1 Å². The maximum atomic E-state index is 11.8. The first-order valence-electron chi connectivity index (χ1n) is 5.85. The average Bonchev–Trinajstić information content (AvgIpc) is 2.92. The molecule has 2 rings (SSSR count). The summed E-state index contributed by atoms with van der Waals surface area (Å²) in [5.74, 6) is 0.471. The SMILES string of the molecule is CCOC(=O)c1cnc(-n2cccn2)nc1N(C)C. The molecule has 0 radical (unpaired) electrons. The van der Waals surface area contributed by atoms with Crippen molar-refractivity contribution in [3.05, 3.63) is 30.2 Å². The Hall–Kier alpha value is -2.44. The highest BCUT2D eigenvalue weighted by atomic mass is 16.5. The fourth-order valence-electron chi connectivity index (χ4n) is 1.56. The Morgan fingerprint density at radius 1 is 1.47 bits per heavy atom. The second kappa shape index (κ2) is 5.47. The monoisotopic (exact) mass is 261 g/mol. The molecular formula is C12H15N5O2. The molecule has 2 aromatic rings. The summed E-state index contributed by atoms with van der Waals surface area (Å²) in [5.41, 5.74) is 0.336. The lowest BCUT2D eigenvalue weighted by Gasteiger charge is -2.15. The van der Waals surface area contributed by atoms with Crippen molar-refractivity contribution in [2.75, 3.05) is 25.6 Å². The molecule has 0 aliphatic heterocycles. The van der Waals surface area contributed by atoms with E-state index in [1.54, 1.807) is 44.4 Å². The molecule has 0 saturated heterocycles. The number of hydrogen-bond donors (Lipinski definition) is 0. The molecule has 0 amide bonds. The molecule has 0 spiro atoms. The van der Waals surface area contributed by atoms with Gasteiger partial charge in [0.1, 0.15) is 11.4 Å². The summed E-state index contributed by atoms with van der Waals surface area (Å²) in [6.07, 6.45) is 4.83. The number of esters is 1. The van der Waals surface area contributed by atoms with Crippen molar-refractivity contribution >= 4 is 11.8 Å². The summed E-state index contributed by atoms with van der Waals surface area (Å²) in [5, 5.41) is 4.05. The highest BCUT2D eigenvalue weighted by Gasteiger charge is 2.17. The first-order valence-corrected chi connectivity index (χ1v) is 5.85. The van der Waals surface area contributed by atoms with E-state index >= 15 is 0 Å². The first kappa shape index (κ1) is 13.0. The Morgan fingerprint density at radius 3 is 2.84 bits per heavy atom. The van der Waals surface area contributed by atoms with Crippen LogP contribution in [0.2, 0.25) is 0 Å². The number of hydrogen-bond acceptors (Lipinski definition) is 6. The van der Waals surface area contributed by atoms with Gasteiger partial charge in [0, 0.05) is 32.7 Å². The van der Waals surface area contributed by atoms with Crippen molar-refractivity contribution in [3.8, 4) is 5.95 Å². The van der Waals surface area contributed by atoms with Crippen LogP contribution in [0.15, 0.2) is 24.7 Å². The summed E-state index contributed by atoms with van der Waals surface area (Å²) in [6.45, 7) is 2.07. The van der Waals surface area contributed by atoms with Gasteiger partial charge in [0.25, 0.3) is 5.95 Å². The Morgan fingerprint density at radius 2 is 2.26 bits per heavy atom. The fraction of sp³-hybridized carbons (Fsp3) is 0.333. The van der Waals surface area contributed by atoms with Crippen LogP contribution >= 0.6 is 0 Å². The van der Waals surface area contributed by atoms with Crippen molar-refractivity contribution in [1.29, 1.82) is 0 Å². The van der Waals surface area contributed by atoms with E-state index in [2.05, 4.69) is 15.1 Å². The molecule has 2 heterocycles. The highest BCUT2D eigenvalue weighted by Crippen LogP contribution is 2.17. The van der Waals surface area contributed by atoms with Crippen LogP contribution in [0.4, 0.5) is 5.82 Å². The van der Waals surface area contributed by atoms with Crippen LogP contribution in [0.3, 0.4) is 0 Å². The van der Waals surface area contributed by atoms with Crippen LogP contribution in [0.5, 0.6) is 0 Å². The van der Waals surface area contributed by atoms with E-state index in [9.17, 15) is 4.79 Å². The predicted molar refractivity (Wildman–Crippen MR) is 69.4 cm³/mol. The molecule has 0 bridgehead atoms. The van der Waals surface area contributed by atoms with Gasteiger partial charge in [0.15, 0.2) is 0 Å². The zero-order valence-electron chi connectivity index (χ0n) is 11.1. The lowest BCUT2D eigenvalue weighted by molar-refractivity contribution is 0.0526. The number of anilines is 1. The van der Waals surface area contributed by atoms with Gasteiger partial charge in [-0.2, -0.15) is 10.1 Å². The third-order valence-corrected chi connectivity index (χ3v) is 2.38. The molecule has 2 aromatic heterocycles. The van der Waals surface area contributed by atoms with Crippen LogP contribution in [0.25, 0.3) is 5.95 Å². The molecule has 0 unspecified atom stereocenters. The first-order chi connectivity index (χ1) is 9.13. The molecule has 0 saturated carbocycles. The van der Waals surface area contributed by atoms with E-state index in [-0.39, 0.29) is 0 Å². The van der Waals surface area contributed by atoms with Gasteiger partial charge in [0.05, 0.1) is 6.61 Å². The van der Waals surface area contributed by atoms with E-state index < -0.39 is 5.97 Å². The number of aromatic nitrogens is 4.